The van der Waals surface area contributed by atoms with Gasteiger partial charge in [0.1, 0.15) is 0 Å². The van der Waals surface area contributed by atoms with E-state index in [4.69, 9.17) is 4.98 Å². The molecule has 2 aromatic heterocycles. The molecule has 6 rings (SSSR count). The monoisotopic (exact) mass is 454 g/mol. The molecule has 0 radical (unpaired) electrons. The van der Waals surface area contributed by atoms with Gasteiger partial charge in [-0.2, -0.15) is 0 Å². The SMILES string of the molecule is c1ccc(P(c2ccccc2)c2cccc(-c3cc4ccccc4cc3-c3ccc[nH]3)n2)cc1. The van der Waals surface area contributed by atoms with Gasteiger partial charge < -0.3 is 4.98 Å². The van der Waals surface area contributed by atoms with Crippen LogP contribution in [0.4, 0.5) is 0 Å². The maximum Gasteiger partial charge on any atom is 0.0728 e. The zero-order valence-electron chi connectivity index (χ0n) is 18.6. The van der Waals surface area contributed by atoms with Crippen molar-refractivity contribution < 1.29 is 0 Å². The summed E-state index contributed by atoms with van der Waals surface area (Å²) in [5.74, 6) is 0. The molecule has 4 aromatic carbocycles. The Balaban J connectivity index is 1.55. The largest absolute Gasteiger partial charge is 0.361 e. The highest BCUT2D eigenvalue weighted by Gasteiger charge is 2.19. The highest BCUT2D eigenvalue weighted by Crippen LogP contribution is 2.36. The molecule has 0 saturated heterocycles. The molecule has 3 heteroatoms. The molecule has 1 N–H and O–H groups in total. The minimum absolute atomic E-state index is 0.761. The van der Waals surface area contributed by atoms with Crippen LogP contribution in [-0.2, 0) is 0 Å². The summed E-state index contributed by atoms with van der Waals surface area (Å²) in [5.41, 5.74) is 5.50. The number of H-pyrrole nitrogens is 1. The van der Waals surface area contributed by atoms with Gasteiger partial charge in [-0.15, -0.1) is 0 Å². The maximum atomic E-state index is 5.29. The number of benzene rings is 4. The van der Waals surface area contributed by atoms with Gasteiger partial charge in [-0.1, -0.05) is 91.0 Å². The quantitative estimate of drug-likeness (QED) is 0.290. The number of pyridine rings is 1. The summed E-state index contributed by atoms with van der Waals surface area (Å²) < 4.78 is 0. The Morgan fingerprint density at radius 2 is 1.15 bits per heavy atom. The van der Waals surface area contributed by atoms with Crippen LogP contribution in [0.2, 0.25) is 0 Å². The molecule has 0 fully saturated rings. The summed E-state index contributed by atoms with van der Waals surface area (Å²) in [6.45, 7) is 0. The van der Waals surface area contributed by atoms with Gasteiger partial charge >= 0.3 is 0 Å². The Morgan fingerprint density at radius 3 is 1.76 bits per heavy atom. The molecular formula is C31H23N2P. The zero-order valence-corrected chi connectivity index (χ0v) is 19.5. The first-order valence-electron chi connectivity index (χ1n) is 11.4. The average Bonchev–Trinajstić information content (AvgIpc) is 3.45. The van der Waals surface area contributed by atoms with Crippen molar-refractivity contribution in [3.63, 3.8) is 0 Å². The summed E-state index contributed by atoms with van der Waals surface area (Å²) in [7, 11) is -0.761. The van der Waals surface area contributed by atoms with Crippen LogP contribution in [0, 0.1) is 0 Å². The molecule has 34 heavy (non-hydrogen) atoms. The molecule has 162 valence electrons. The Kier molecular flexibility index (Phi) is 5.51. The van der Waals surface area contributed by atoms with Crippen molar-refractivity contribution in [1.29, 1.82) is 0 Å². The van der Waals surface area contributed by atoms with Crippen LogP contribution in [0.3, 0.4) is 0 Å². The zero-order chi connectivity index (χ0) is 22.7. The maximum absolute atomic E-state index is 5.29. The molecule has 0 saturated carbocycles. The van der Waals surface area contributed by atoms with E-state index in [0.717, 1.165) is 27.9 Å². The normalized spacial score (nSPS) is 11.2. The van der Waals surface area contributed by atoms with E-state index in [1.165, 1.54) is 21.4 Å². The summed E-state index contributed by atoms with van der Waals surface area (Å²) in [5, 5.41) is 5.05. The lowest BCUT2D eigenvalue weighted by molar-refractivity contribution is 1.36. The Morgan fingerprint density at radius 1 is 0.529 bits per heavy atom. The molecule has 0 aliphatic heterocycles. The average molecular weight is 455 g/mol. The third-order valence-electron chi connectivity index (χ3n) is 6.04. The van der Waals surface area contributed by atoms with Gasteiger partial charge in [0.2, 0.25) is 0 Å². The lowest BCUT2D eigenvalue weighted by atomic mass is 9.96. The van der Waals surface area contributed by atoms with Gasteiger partial charge in [-0.3, -0.25) is 0 Å². The Hall–Kier alpha value is -4.00. The van der Waals surface area contributed by atoms with Gasteiger partial charge in [0.05, 0.1) is 11.1 Å². The second kappa shape index (κ2) is 9.09. The molecule has 0 amide bonds. The molecule has 6 aromatic rings. The van der Waals surface area contributed by atoms with E-state index in [-0.39, 0.29) is 0 Å². The number of rotatable bonds is 5. The fraction of sp³-hybridized carbons (Fsp3) is 0. The number of hydrogen-bond acceptors (Lipinski definition) is 1. The van der Waals surface area contributed by atoms with Crippen LogP contribution in [0.5, 0.6) is 0 Å². The molecule has 2 heterocycles. The topological polar surface area (TPSA) is 28.7 Å². The standard InChI is InChI=1S/C31H23N2P/c1-3-13-25(14-4-1)34(26-15-5-2-6-16-26)31-19-9-17-30(33-31)28-22-24-12-8-7-11-23(24)21-27(28)29-18-10-20-32-29/h1-22,32H. The van der Waals surface area contributed by atoms with Crippen molar-refractivity contribution in [3.8, 4) is 22.5 Å². The van der Waals surface area contributed by atoms with Gasteiger partial charge in [-0.05, 0) is 57.8 Å². The lowest BCUT2D eigenvalue weighted by Crippen LogP contribution is -2.22. The van der Waals surface area contributed by atoms with Crippen molar-refractivity contribution >= 4 is 34.7 Å². The van der Waals surface area contributed by atoms with Crippen LogP contribution in [0.1, 0.15) is 0 Å². The molecule has 0 unspecified atom stereocenters. The predicted molar refractivity (Wildman–Crippen MR) is 146 cm³/mol. The van der Waals surface area contributed by atoms with Gasteiger partial charge in [0.15, 0.2) is 0 Å². The second-order valence-corrected chi connectivity index (χ2v) is 10.4. The minimum atomic E-state index is -0.761. The van der Waals surface area contributed by atoms with Gasteiger partial charge in [-0.25, -0.2) is 4.98 Å². The highest BCUT2D eigenvalue weighted by molar-refractivity contribution is 7.79. The second-order valence-electron chi connectivity index (χ2n) is 8.22. The number of nitrogens with one attached hydrogen (secondary N) is 1. The summed E-state index contributed by atoms with van der Waals surface area (Å²) in [6.07, 6.45) is 1.97. The smallest absolute Gasteiger partial charge is 0.0728 e. The van der Waals surface area contributed by atoms with Crippen LogP contribution in [-0.4, -0.2) is 9.97 Å². The van der Waals surface area contributed by atoms with Crippen molar-refractivity contribution in [2.45, 2.75) is 0 Å². The van der Waals surface area contributed by atoms with E-state index >= 15 is 0 Å². The summed E-state index contributed by atoms with van der Waals surface area (Å²) >= 11 is 0. The summed E-state index contributed by atoms with van der Waals surface area (Å²) in [6, 6.07) is 45.1. The van der Waals surface area contributed by atoms with E-state index in [9.17, 15) is 0 Å². The first-order chi connectivity index (χ1) is 16.9. The fourth-order valence-electron chi connectivity index (χ4n) is 4.44. The molecule has 0 bridgehead atoms. The van der Waals surface area contributed by atoms with Crippen molar-refractivity contribution in [2.75, 3.05) is 0 Å². The predicted octanol–water partition coefficient (Wildman–Crippen LogP) is 6.66. The third kappa shape index (κ3) is 3.94. The first-order valence-corrected chi connectivity index (χ1v) is 12.8. The van der Waals surface area contributed by atoms with Gasteiger partial charge in [0, 0.05) is 30.9 Å². The molecule has 0 spiro atoms. The molecule has 0 aliphatic rings. The number of aromatic nitrogens is 2. The van der Waals surface area contributed by atoms with E-state index in [0.29, 0.717) is 0 Å². The first kappa shape index (κ1) is 20.6. The van der Waals surface area contributed by atoms with E-state index in [1.54, 1.807) is 0 Å². The van der Waals surface area contributed by atoms with Crippen molar-refractivity contribution in [2.24, 2.45) is 0 Å². The highest BCUT2D eigenvalue weighted by atomic mass is 31.1. The Bertz CT molecular complexity index is 1500. The van der Waals surface area contributed by atoms with Crippen LogP contribution in [0.25, 0.3) is 33.3 Å². The number of nitrogens with zero attached hydrogens (tertiary/aromatic N) is 1. The van der Waals surface area contributed by atoms with Crippen LogP contribution < -0.4 is 16.0 Å². The number of fused-ring (bicyclic) bond motifs is 1. The summed E-state index contributed by atoms with van der Waals surface area (Å²) in [4.78, 5) is 8.68. The Labute approximate surface area is 200 Å². The van der Waals surface area contributed by atoms with Crippen molar-refractivity contribution in [1.82, 2.24) is 9.97 Å². The number of aromatic amines is 1. The number of hydrogen-bond donors (Lipinski definition) is 1. The van der Waals surface area contributed by atoms with Crippen LogP contribution in [0.15, 0.2) is 134 Å². The fourth-order valence-corrected chi connectivity index (χ4v) is 6.65. The van der Waals surface area contributed by atoms with E-state index in [1.807, 2.05) is 12.3 Å². The van der Waals surface area contributed by atoms with Crippen LogP contribution >= 0.6 is 7.92 Å². The minimum Gasteiger partial charge on any atom is -0.361 e. The molecular weight excluding hydrogens is 431 g/mol. The molecule has 2 nitrogen and oxygen atoms in total. The van der Waals surface area contributed by atoms with Gasteiger partial charge in [0.25, 0.3) is 0 Å². The molecule has 0 atom stereocenters. The van der Waals surface area contributed by atoms with E-state index < -0.39 is 7.92 Å². The lowest BCUT2D eigenvalue weighted by Gasteiger charge is -2.19. The van der Waals surface area contributed by atoms with Crippen molar-refractivity contribution in [3.05, 3.63) is 134 Å². The molecule has 0 aliphatic carbocycles. The van der Waals surface area contributed by atoms with E-state index in [2.05, 4.69) is 126 Å². The third-order valence-corrected chi connectivity index (χ3v) is 8.38.